The van der Waals surface area contributed by atoms with E-state index < -0.39 is 22.7 Å². The van der Waals surface area contributed by atoms with E-state index in [0.717, 1.165) is 14.2 Å². The summed E-state index contributed by atoms with van der Waals surface area (Å²) in [5, 5.41) is 5.62. The third-order valence-electron chi connectivity index (χ3n) is 5.16. The van der Waals surface area contributed by atoms with Gasteiger partial charge in [0.15, 0.2) is 0 Å². The van der Waals surface area contributed by atoms with Crippen molar-refractivity contribution < 1.29 is 18.0 Å². The van der Waals surface area contributed by atoms with Crippen LogP contribution in [0, 0.1) is 0 Å². The van der Waals surface area contributed by atoms with Crippen LogP contribution in [0.15, 0.2) is 84.9 Å². The molecular weight excluding hydrogens is 452 g/mol. The van der Waals surface area contributed by atoms with Crippen molar-refractivity contribution in [1.29, 1.82) is 0 Å². The fraction of sp³-hybridized carbons (Fsp3) is 0.200. The quantitative estimate of drug-likeness (QED) is 0.490. The number of nitrogens with one attached hydrogen (secondary N) is 2. The van der Waals surface area contributed by atoms with Crippen LogP contribution in [-0.2, 0) is 15.0 Å². The van der Waals surface area contributed by atoms with Gasteiger partial charge in [-0.3, -0.25) is 9.59 Å². The Morgan fingerprint density at radius 3 is 2.03 bits per heavy atom. The maximum atomic E-state index is 12.9. The molecule has 3 rings (SSSR count). The molecule has 0 aromatic heterocycles. The van der Waals surface area contributed by atoms with Crippen molar-refractivity contribution in [2.24, 2.45) is 0 Å². The van der Waals surface area contributed by atoms with Gasteiger partial charge in [-0.25, -0.2) is 4.31 Å². The molecule has 3 aromatic rings. The minimum atomic E-state index is -3.93. The normalized spacial score (nSPS) is 12.1. The number of carbonyl (C=O) groups excluding carboxylic acids is 2. The first-order valence-electron chi connectivity index (χ1n) is 10.7. The number of amides is 2. The number of nitrogens with zero attached hydrogens (tertiary/aromatic N) is 2. The molecule has 0 unspecified atom stereocenters. The number of rotatable bonds is 9. The molecule has 3 aromatic carbocycles. The minimum absolute atomic E-state index is 0.240. The van der Waals surface area contributed by atoms with E-state index in [2.05, 4.69) is 10.6 Å². The summed E-state index contributed by atoms with van der Waals surface area (Å²) in [6.07, 6.45) is 0. The van der Waals surface area contributed by atoms with E-state index in [0.29, 0.717) is 11.4 Å². The highest BCUT2D eigenvalue weighted by Gasteiger charge is 2.27. The Bertz CT molecular complexity index is 1230. The molecule has 0 saturated heterocycles. The van der Waals surface area contributed by atoms with Crippen LogP contribution in [0.25, 0.3) is 0 Å². The molecule has 2 amide bonds. The first-order chi connectivity index (χ1) is 16.2. The zero-order chi connectivity index (χ0) is 24.7. The summed E-state index contributed by atoms with van der Waals surface area (Å²) in [6.45, 7) is 1.42. The summed E-state index contributed by atoms with van der Waals surface area (Å²) in [6, 6.07) is 24.3. The molecule has 8 nitrogen and oxygen atoms in total. The van der Waals surface area contributed by atoms with Gasteiger partial charge >= 0.3 is 10.2 Å². The number of hydrogen-bond donors (Lipinski definition) is 2. The highest BCUT2D eigenvalue weighted by molar-refractivity contribution is 7.90. The van der Waals surface area contributed by atoms with Crippen molar-refractivity contribution in [3.05, 3.63) is 96.1 Å². The van der Waals surface area contributed by atoms with Crippen molar-refractivity contribution in [3.8, 4) is 0 Å². The molecule has 0 aliphatic heterocycles. The second-order valence-corrected chi connectivity index (χ2v) is 9.90. The molecule has 0 spiro atoms. The van der Waals surface area contributed by atoms with Gasteiger partial charge in [0, 0.05) is 14.1 Å². The molecule has 0 heterocycles. The first kappa shape index (κ1) is 24.9. The largest absolute Gasteiger partial charge is 0.345 e. The Hall–Kier alpha value is -3.69. The topological polar surface area (TPSA) is 98.8 Å². The second-order valence-electron chi connectivity index (χ2n) is 7.83. The lowest BCUT2D eigenvalue weighted by atomic mass is 10.1. The van der Waals surface area contributed by atoms with Crippen molar-refractivity contribution in [1.82, 2.24) is 9.62 Å². The Balaban J connectivity index is 1.79. The average molecular weight is 481 g/mol. The maximum Gasteiger partial charge on any atom is 0.304 e. The van der Waals surface area contributed by atoms with Crippen LogP contribution in [0.2, 0.25) is 0 Å². The van der Waals surface area contributed by atoms with Crippen molar-refractivity contribution in [2.75, 3.05) is 30.3 Å². The summed E-state index contributed by atoms with van der Waals surface area (Å²) in [5.74, 6) is -0.932. The van der Waals surface area contributed by atoms with E-state index in [9.17, 15) is 18.0 Å². The van der Waals surface area contributed by atoms with Gasteiger partial charge in [0.1, 0.15) is 6.54 Å². The van der Waals surface area contributed by atoms with Gasteiger partial charge in [-0.1, -0.05) is 60.7 Å². The van der Waals surface area contributed by atoms with Gasteiger partial charge in [0.25, 0.3) is 5.91 Å². The van der Waals surface area contributed by atoms with E-state index in [4.69, 9.17) is 0 Å². The van der Waals surface area contributed by atoms with Gasteiger partial charge in [-0.05, 0) is 36.8 Å². The van der Waals surface area contributed by atoms with E-state index in [1.165, 1.54) is 14.1 Å². The summed E-state index contributed by atoms with van der Waals surface area (Å²) in [5.41, 5.74) is 1.87. The first-order valence-corrected chi connectivity index (χ1v) is 12.1. The lowest BCUT2D eigenvalue weighted by molar-refractivity contribution is -0.114. The van der Waals surface area contributed by atoms with E-state index in [1.54, 1.807) is 54.6 Å². The lowest BCUT2D eigenvalue weighted by Gasteiger charge is -2.27. The molecule has 2 N–H and O–H groups in total. The zero-order valence-electron chi connectivity index (χ0n) is 19.3. The Kier molecular flexibility index (Phi) is 8.04. The fourth-order valence-electron chi connectivity index (χ4n) is 3.31. The van der Waals surface area contributed by atoms with E-state index in [-0.39, 0.29) is 17.5 Å². The standard InChI is InChI=1S/C25H28N4O4S/c1-19(20-12-6-4-7-13-20)26-25(31)22-16-10-11-17-23(22)27-24(30)18-29(34(32,33)28(2)3)21-14-8-5-9-15-21/h4-17,19H,18H2,1-3H3,(H,26,31)(H,27,30)/t19-/m1/s1. The van der Waals surface area contributed by atoms with E-state index >= 15 is 0 Å². The highest BCUT2D eigenvalue weighted by Crippen LogP contribution is 2.21. The van der Waals surface area contributed by atoms with Gasteiger partial charge in [0.05, 0.1) is 23.0 Å². The SMILES string of the molecule is C[C@@H](NC(=O)c1ccccc1NC(=O)CN(c1ccccc1)S(=O)(=O)N(C)C)c1ccccc1. The second kappa shape index (κ2) is 11.0. The van der Waals surface area contributed by atoms with Crippen LogP contribution >= 0.6 is 0 Å². The van der Waals surface area contributed by atoms with Gasteiger partial charge in [0.2, 0.25) is 5.91 Å². The fourth-order valence-corrected chi connectivity index (χ4v) is 4.37. The zero-order valence-corrected chi connectivity index (χ0v) is 20.1. The van der Waals surface area contributed by atoms with Gasteiger partial charge in [-0.15, -0.1) is 0 Å². The number of benzene rings is 3. The number of anilines is 2. The molecule has 0 bridgehead atoms. The Morgan fingerprint density at radius 2 is 1.41 bits per heavy atom. The monoisotopic (exact) mass is 480 g/mol. The predicted molar refractivity (Wildman–Crippen MR) is 134 cm³/mol. The Labute approximate surface area is 200 Å². The summed E-state index contributed by atoms with van der Waals surface area (Å²) < 4.78 is 27.8. The molecule has 0 aliphatic carbocycles. The van der Waals surface area contributed by atoms with Crippen molar-refractivity contribution in [3.63, 3.8) is 0 Å². The molecule has 178 valence electrons. The van der Waals surface area contributed by atoms with Crippen molar-refractivity contribution in [2.45, 2.75) is 13.0 Å². The predicted octanol–water partition coefficient (Wildman–Crippen LogP) is 3.43. The molecule has 34 heavy (non-hydrogen) atoms. The summed E-state index contributed by atoms with van der Waals surface area (Å²) in [7, 11) is -1.13. The van der Waals surface area contributed by atoms with Crippen LogP contribution in [0.3, 0.4) is 0 Å². The van der Waals surface area contributed by atoms with Crippen LogP contribution in [0.4, 0.5) is 11.4 Å². The van der Waals surface area contributed by atoms with Crippen LogP contribution < -0.4 is 14.9 Å². The lowest BCUT2D eigenvalue weighted by Crippen LogP contribution is -2.44. The molecule has 0 fully saturated rings. The van der Waals surface area contributed by atoms with E-state index in [1.807, 2.05) is 37.3 Å². The van der Waals surface area contributed by atoms with Gasteiger partial charge in [-0.2, -0.15) is 12.7 Å². The van der Waals surface area contributed by atoms with Crippen LogP contribution in [0.5, 0.6) is 0 Å². The molecular formula is C25H28N4O4S. The van der Waals surface area contributed by atoms with Crippen molar-refractivity contribution >= 4 is 33.4 Å². The molecule has 0 radical (unpaired) electrons. The number of carbonyl (C=O) groups is 2. The molecule has 0 aliphatic rings. The third kappa shape index (κ3) is 6.00. The molecule has 9 heteroatoms. The Morgan fingerprint density at radius 1 is 0.853 bits per heavy atom. The molecule has 0 saturated carbocycles. The number of hydrogen-bond acceptors (Lipinski definition) is 4. The van der Waals surface area contributed by atoms with Crippen LogP contribution in [-0.4, -0.2) is 45.2 Å². The van der Waals surface area contributed by atoms with Gasteiger partial charge < -0.3 is 10.6 Å². The number of para-hydroxylation sites is 2. The average Bonchev–Trinajstić information content (AvgIpc) is 2.83. The highest BCUT2D eigenvalue weighted by atomic mass is 32.2. The van der Waals surface area contributed by atoms with Crippen LogP contribution in [0.1, 0.15) is 28.9 Å². The summed E-state index contributed by atoms with van der Waals surface area (Å²) in [4.78, 5) is 25.9. The minimum Gasteiger partial charge on any atom is -0.345 e. The third-order valence-corrected chi connectivity index (χ3v) is 6.98. The summed E-state index contributed by atoms with van der Waals surface area (Å²) >= 11 is 0. The molecule has 1 atom stereocenters. The smallest absolute Gasteiger partial charge is 0.304 e. The maximum absolute atomic E-state index is 12.9.